The van der Waals surface area contributed by atoms with Crippen LogP contribution in [0.15, 0.2) is 66.7 Å². The van der Waals surface area contributed by atoms with Crippen molar-refractivity contribution in [2.24, 2.45) is 0 Å². The number of benzene rings is 3. The number of methoxy groups -OCH3 is 1. The number of pyridine rings is 1. The van der Waals surface area contributed by atoms with Crippen LogP contribution in [0.3, 0.4) is 0 Å². The molecule has 0 bridgehead atoms. The molecule has 0 aliphatic rings. The SMILES string of the molecule is COc1cc(NS)ccc1Nc1c2ccccc2nc2ccccc12. The van der Waals surface area contributed by atoms with E-state index in [1.54, 1.807) is 7.11 Å². The molecule has 0 aliphatic heterocycles. The van der Waals surface area contributed by atoms with Gasteiger partial charge in [-0.3, -0.25) is 0 Å². The molecule has 0 atom stereocenters. The summed E-state index contributed by atoms with van der Waals surface area (Å²) in [6.07, 6.45) is 0. The molecular weight excluding hydrogens is 330 g/mol. The molecule has 0 radical (unpaired) electrons. The molecule has 25 heavy (non-hydrogen) atoms. The zero-order valence-corrected chi connectivity index (χ0v) is 14.5. The van der Waals surface area contributed by atoms with Gasteiger partial charge in [-0.2, -0.15) is 0 Å². The molecule has 0 fully saturated rings. The van der Waals surface area contributed by atoms with Gasteiger partial charge in [0, 0.05) is 22.5 Å². The van der Waals surface area contributed by atoms with Crippen molar-refractivity contribution in [3.05, 3.63) is 66.7 Å². The van der Waals surface area contributed by atoms with Crippen molar-refractivity contribution in [2.75, 3.05) is 17.1 Å². The minimum atomic E-state index is 0.740. The lowest BCUT2D eigenvalue weighted by Gasteiger charge is -2.16. The Morgan fingerprint density at radius 1 is 0.880 bits per heavy atom. The molecule has 1 heterocycles. The number of nitrogens with zero attached hydrogens (tertiary/aromatic N) is 1. The fraction of sp³-hybridized carbons (Fsp3) is 0.0500. The molecule has 0 unspecified atom stereocenters. The van der Waals surface area contributed by atoms with E-state index in [9.17, 15) is 0 Å². The number of thiol groups is 1. The maximum absolute atomic E-state index is 5.53. The Balaban J connectivity index is 1.93. The number of hydrogen-bond donors (Lipinski definition) is 3. The molecule has 4 nitrogen and oxygen atoms in total. The first-order chi connectivity index (χ1) is 12.3. The van der Waals surface area contributed by atoms with Gasteiger partial charge in [-0.15, -0.1) is 0 Å². The minimum absolute atomic E-state index is 0.740. The predicted molar refractivity (Wildman–Crippen MR) is 108 cm³/mol. The van der Waals surface area contributed by atoms with Gasteiger partial charge >= 0.3 is 0 Å². The smallest absolute Gasteiger partial charge is 0.144 e. The lowest BCUT2D eigenvalue weighted by molar-refractivity contribution is 0.417. The maximum Gasteiger partial charge on any atom is 0.144 e. The maximum atomic E-state index is 5.53. The molecular formula is C20H17N3OS. The molecule has 4 rings (SSSR count). The summed E-state index contributed by atoms with van der Waals surface area (Å²) in [5.41, 5.74) is 4.69. The fourth-order valence-corrected chi connectivity index (χ4v) is 3.11. The second kappa shape index (κ2) is 6.53. The van der Waals surface area contributed by atoms with Gasteiger partial charge in [0.05, 0.1) is 29.5 Å². The van der Waals surface area contributed by atoms with Gasteiger partial charge < -0.3 is 14.8 Å². The molecule has 0 spiro atoms. The van der Waals surface area contributed by atoms with Gasteiger partial charge in [-0.1, -0.05) is 49.2 Å². The van der Waals surface area contributed by atoms with E-state index in [0.29, 0.717) is 0 Å². The molecule has 124 valence electrons. The zero-order chi connectivity index (χ0) is 17.2. The number of fused-ring (bicyclic) bond motifs is 2. The molecule has 0 saturated carbocycles. The lowest BCUT2D eigenvalue weighted by atomic mass is 10.1. The van der Waals surface area contributed by atoms with Crippen molar-refractivity contribution in [3.63, 3.8) is 0 Å². The van der Waals surface area contributed by atoms with Crippen LogP contribution in [0.2, 0.25) is 0 Å². The molecule has 0 aliphatic carbocycles. The number of rotatable bonds is 4. The van der Waals surface area contributed by atoms with Crippen LogP contribution in [-0.4, -0.2) is 12.1 Å². The van der Waals surface area contributed by atoms with Crippen LogP contribution in [0.25, 0.3) is 21.8 Å². The first-order valence-electron chi connectivity index (χ1n) is 7.93. The van der Waals surface area contributed by atoms with E-state index < -0.39 is 0 Å². The molecule has 4 aromatic rings. The summed E-state index contributed by atoms with van der Waals surface area (Å²) in [4.78, 5) is 4.76. The number of aromatic nitrogens is 1. The van der Waals surface area contributed by atoms with E-state index in [0.717, 1.165) is 44.6 Å². The summed E-state index contributed by atoms with van der Waals surface area (Å²) in [7, 11) is 1.66. The summed E-state index contributed by atoms with van der Waals surface area (Å²) < 4.78 is 8.36. The second-order valence-corrected chi connectivity index (χ2v) is 5.90. The minimum Gasteiger partial charge on any atom is -0.494 e. The Bertz CT molecular complexity index is 1010. The van der Waals surface area contributed by atoms with E-state index in [1.165, 1.54) is 0 Å². The van der Waals surface area contributed by atoms with Crippen molar-refractivity contribution in [1.82, 2.24) is 4.98 Å². The zero-order valence-electron chi connectivity index (χ0n) is 13.7. The van der Waals surface area contributed by atoms with Crippen LogP contribution in [0.4, 0.5) is 17.1 Å². The summed E-state index contributed by atoms with van der Waals surface area (Å²) in [5.74, 6) is 0.740. The predicted octanol–water partition coefficient (Wildman–Crippen LogP) is 5.40. The third-order valence-electron chi connectivity index (χ3n) is 4.18. The van der Waals surface area contributed by atoms with E-state index in [-0.39, 0.29) is 0 Å². The van der Waals surface area contributed by atoms with E-state index in [4.69, 9.17) is 9.72 Å². The van der Waals surface area contributed by atoms with Crippen molar-refractivity contribution in [3.8, 4) is 5.75 Å². The van der Waals surface area contributed by atoms with Gasteiger partial charge in [0.15, 0.2) is 0 Å². The average Bonchev–Trinajstić information content (AvgIpc) is 2.68. The second-order valence-electron chi connectivity index (χ2n) is 5.67. The standard InChI is InChI=1S/C20H17N3OS/c1-24-19-12-13(23-25)10-11-18(19)22-20-14-6-2-4-8-16(14)21-17-9-5-3-7-15(17)20/h2-12,23,25H,1H3,(H,21,22). The largest absolute Gasteiger partial charge is 0.494 e. The number of nitrogens with one attached hydrogen (secondary N) is 2. The van der Waals surface area contributed by atoms with Gasteiger partial charge in [0.1, 0.15) is 5.75 Å². The Hall–Kier alpha value is -2.92. The van der Waals surface area contributed by atoms with Crippen LogP contribution in [0.1, 0.15) is 0 Å². The molecule has 3 aromatic carbocycles. The molecule has 0 saturated heterocycles. The van der Waals surface area contributed by atoms with Crippen molar-refractivity contribution >= 4 is 51.7 Å². The third kappa shape index (κ3) is 2.83. The van der Waals surface area contributed by atoms with Crippen LogP contribution < -0.4 is 14.8 Å². The highest BCUT2D eigenvalue weighted by Crippen LogP contribution is 2.36. The Morgan fingerprint density at radius 3 is 2.12 bits per heavy atom. The van der Waals surface area contributed by atoms with Crippen LogP contribution in [0.5, 0.6) is 5.75 Å². The summed E-state index contributed by atoms with van der Waals surface area (Å²) in [6, 6.07) is 22.1. The number of ether oxygens (including phenoxy) is 1. The normalized spacial score (nSPS) is 10.8. The monoisotopic (exact) mass is 347 g/mol. The van der Waals surface area contributed by atoms with E-state index >= 15 is 0 Å². The number of para-hydroxylation sites is 2. The number of hydrogen-bond acceptors (Lipinski definition) is 5. The molecule has 5 heteroatoms. The van der Waals surface area contributed by atoms with Crippen molar-refractivity contribution in [2.45, 2.75) is 0 Å². The molecule has 2 N–H and O–H groups in total. The Labute approximate surface area is 151 Å². The lowest BCUT2D eigenvalue weighted by Crippen LogP contribution is -1.98. The Morgan fingerprint density at radius 2 is 1.52 bits per heavy atom. The number of anilines is 3. The molecule has 1 aromatic heterocycles. The first-order valence-corrected chi connectivity index (χ1v) is 8.37. The fourth-order valence-electron chi connectivity index (χ4n) is 2.97. The van der Waals surface area contributed by atoms with Crippen LogP contribution in [-0.2, 0) is 0 Å². The average molecular weight is 347 g/mol. The first kappa shape index (κ1) is 15.6. The summed E-state index contributed by atoms with van der Waals surface area (Å²) in [5, 5.41) is 5.68. The highest BCUT2D eigenvalue weighted by molar-refractivity contribution is 7.81. The van der Waals surface area contributed by atoms with E-state index in [2.05, 4.69) is 35.0 Å². The van der Waals surface area contributed by atoms with Gasteiger partial charge in [-0.25, -0.2) is 4.98 Å². The van der Waals surface area contributed by atoms with Crippen LogP contribution >= 0.6 is 12.8 Å². The summed E-state index contributed by atoms with van der Waals surface area (Å²) >= 11 is 4.09. The third-order valence-corrected chi connectivity index (χ3v) is 4.44. The Kier molecular flexibility index (Phi) is 4.07. The van der Waals surface area contributed by atoms with E-state index in [1.807, 2.05) is 54.6 Å². The highest BCUT2D eigenvalue weighted by Gasteiger charge is 2.11. The van der Waals surface area contributed by atoms with Crippen molar-refractivity contribution in [1.29, 1.82) is 0 Å². The quantitative estimate of drug-likeness (QED) is 0.342. The van der Waals surface area contributed by atoms with Gasteiger partial charge in [0.25, 0.3) is 0 Å². The highest BCUT2D eigenvalue weighted by atomic mass is 32.1. The van der Waals surface area contributed by atoms with Gasteiger partial charge in [-0.05, 0) is 24.3 Å². The summed E-state index contributed by atoms with van der Waals surface area (Å²) in [6.45, 7) is 0. The topological polar surface area (TPSA) is 46.2 Å². The van der Waals surface area contributed by atoms with Crippen molar-refractivity contribution < 1.29 is 4.74 Å². The molecule has 0 amide bonds. The van der Waals surface area contributed by atoms with Crippen LogP contribution in [0, 0.1) is 0 Å². The van der Waals surface area contributed by atoms with Gasteiger partial charge in [0.2, 0.25) is 0 Å².